The van der Waals surface area contributed by atoms with Crippen LogP contribution in [0, 0.1) is 0 Å². The van der Waals surface area contributed by atoms with E-state index in [0.29, 0.717) is 12.1 Å². The van der Waals surface area contributed by atoms with Crippen LogP contribution in [0.5, 0.6) is 0 Å². The van der Waals surface area contributed by atoms with E-state index in [0.717, 1.165) is 11.1 Å². The summed E-state index contributed by atoms with van der Waals surface area (Å²) in [7, 11) is 0. The lowest BCUT2D eigenvalue weighted by Gasteiger charge is -2.27. The maximum Gasteiger partial charge on any atom is 0.327 e. The Morgan fingerprint density at radius 1 is 1.09 bits per heavy atom. The average molecular weight is 312 g/mol. The normalized spacial score (nSPS) is 11.7. The molecule has 2 aromatic carbocycles. The number of nitrogens with one attached hydrogen (secondary N) is 1. The van der Waals surface area contributed by atoms with Crippen LogP contribution in [-0.2, 0) is 4.79 Å². The molecule has 23 heavy (non-hydrogen) atoms. The Morgan fingerprint density at radius 2 is 1.70 bits per heavy atom. The summed E-state index contributed by atoms with van der Waals surface area (Å²) in [5.41, 5.74) is 5.00. The molecule has 1 unspecified atom stereocenters. The molecule has 0 aliphatic heterocycles. The van der Waals surface area contributed by atoms with Gasteiger partial charge in [-0.3, -0.25) is 9.80 Å². The van der Waals surface area contributed by atoms with E-state index in [9.17, 15) is 14.7 Å². The quantitative estimate of drug-likeness (QED) is 0.805. The second kappa shape index (κ2) is 7.56. The van der Waals surface area contributed by atoms with E-state index in [2.05, 4.69) is 5.43 Å². The SMILES string of the molecule is CCNN(C(=O)c1ccccc1-c1ccccc1)C(C)C(=O)O. The summed E-state index contributed by atoms with van der Waals surface area (Å²) in [4.78, 5) is 24.1. The van der Waals surface area contributed by atoms with Crippen molar-refractivity contribution in [3.8, 4) is 11.1 Å². The molecule has 1 amide bonds. The van der Waals surface area contributed by atoms with Gasteiger partial charge in [0.15, 0.2) is 0 Å². The van der Waals surface area contributed by atoms with Gasteiger partial charge in [0.2, 0.25) is 0 Å². The van der Waals surface area contributed by atoms with Crippen molar-refractivity contribution in [3.05, 3.63) is 60.2 Å². The Morgan fingerprint density at radius 3 is 2.30 bits per heavy atom. The number of amides is 1. The van der Waals surface area contributed by atoms with Crippen LogP contribution < -0.4 is 5.43 Å². The topological polar surface area (TPSA) is 69.6 Å². The highest BCUT2D eigenvalue weighted by Gasteiger charge is 2.27. The highest BCUT2D eigenvalue weighted by molar-refractivity contribution is 6.02. The lowest BCUT2D eigenvalue weighted by Crippen LogP contribution is -2.51. The van der Waals surface area contributed by atoms with Gasteiger partial charge in [-0.1, -0.05) is 55.5 Å². The number of carbonyl (C=O) groups excluding carboxylic acids is 1. The summed E-state index contributed by atoms with van der Waals surface area (Å²) in [6, 6.07) is 15.8. The molecular formula is C18H20N2O3. The van der Waals surface area contributed by atoms with Gasteiger partial charge in [0.25, 0.3) is 5.91 Å². The molecule has 0 bridgehead atoms. The van der Waals surface area contributed by atoms with Crippen LogP contribution in [0.15, 0.2) is 54.6 Å². The summed E-state index contributed by atoms with van der Waals surface area (Å²) < 4.78 is 0. The molecule has 0 heterocycles. The number of aliphatic carboxylic acids is 1. The third kappa shape index (κ3) is 3.76. The van der Waals surface area contributed by atoms with Crippen LogP contribution in [0.4, 0.5) is 0 Å². The van der Waals surface area contributed by atoms with Crippen LogP contribution in [0.1, 0.15) is 24.2 Å². The molecule has 0 spiro atoms. The van der Waals surface area contributed by atoms with E-state index < -0.39 is 12.0 Å². The van der Waals surface area contributed by atoms with Crippen molar-refractivity contribution in [2.45, 2.75) is 19.9 Å². The number of hydrazine groups is 1. The Labute approximate surface area is 135 Å². The predicted octanol–water partition coefficient (Wildman–Crippen LogP) is 2.79. The maximum atomic E-state index is 12.9. The number of hydrogen-bond donors (Lipinski definition) is 2. The third-order valence-electron chi connectivity index (χ3n) is 3.53. The van der Waals surface area contributed by atoms with Gasteiger partial charge in [-0.25, -0.2) is 10.2 Å². The number of benzene rings is 2. The summed E-state index contributed by atoms with van der Waals surface area (Å²) >= 11 is 0. The van der Waals surface area contributed by atoms with Gasteiger partial charge in [0.1, 0.15) is 6.04 Å². The van der Waals surface area contributed by atoms with Gasteiger partial charge in [-0.15, -0.1) is 0 Å². The predicted molar refractivity (Wildman–Crippen MR) is 88.8 cm³/mol. The fraction of sp³-hybridized carbons (Fsp3) is 0.222. The molecule has 0 radical (unpaired) electrons. The van der Waals surface area contributed by atoms with Gasteiger partial charge in [-0.05, 0) is 24.1 Å². The molecule has 5 heteroatoms. The average Bonchev–Trinajstić information content (AvgIpc) is 2.59. The van der Waals surface area contributed by atoms with Crippen molar-refractivity contribution < 1.29 is 14.7 Å². The largest absolute Gasteiger partial charge is 0.480 e. The minimum absolute atomic E-state index is 0.360. The van der Waals surface area contributed by atoms with E-state index in [-0.39, 0.29) is 5.91 Å². The minimum Gasteiger partial charge on any atom is -0.480 e. The summed E-state index contributed by atoms with van der Waals surface area (Å²) in [6.45, 7) is 3.75. The van der Waals surface area contributed by atoms with Crippen molar-refractivity contribution in [1.82, 2.24) is 10.4 Å². The molecule has 120 valence electrons. The van der Waals surface area contributed by atoms with Crippen LogP contribution in [0.25, 0.3) is 11.1 Å². The number of carboxylic acids is 1. The number of nitrogens with zero attached hydrogens (tertiary/aromatic N) is 1. The van der Waals surface area contributed by atoms with Crippen molar-refractivity contribution >= 4 is 11.9 Å². The minimum atomic E-state index is -1.06. The third-order valence-corrected chi connectivity index (χ3v) is 3.53. The van der Waals surface area contributed by atoms with Gasteiger partial charge in [-0.2, -0.15) is 0 Å². The lowest BCUT2D eigenvalue weighted by molar-refractivity contribution is -0.142. The summed E-state index contributed by atoms with van der Waals surface area (Å²) in [6.07, 6.45) is 0. The summed E-state index contributed by atoms with van der Waals surface area (Å²) in [5.74, 6) is -1.42. The molecule has 0 aromatic heterocycles. The monoisotopic (exact) mass is 312 g/mol. The Hall–Kier alpha value is -2.66. The van der Waals surface area contributed by atoms with Crippen LogP contribution in [0.3, 0.4) is 0 Å². The second-order valence-corrected chi connectivity index (χ2v) is 5.11. The zero-order chi connectivity index (χ0) is 16.8. The number of carbonyl (C=O) groups is 2. The van der Waals surface area contributed by atoms with Crippen LogP contribution >= 0.6 is 0 Å². The van der Waals surface area contributed by atoms with Crippen molar-refractivity contribution in [2.24, 2.45) is 0 Å². The summed E-state index contributed by atoms with van der Waals surface area (Å²) in [5, 5.41) is 10.4. The smallest absolute Gasteiger partial charge is 0.327 e. The van der Waals surface area contributed by atoms with E-state index >= 15 is 0 Å². The zero-order valence-corrected chi connectivity index (χ0v) is 13.2. The molecule has 2 N–H and O–H groups in total. The molecular weight excluding hydrogens is 292 g/mol. The first-order chi connectivity index (χ1) is 11.1. The molecule has 1 atom stereocenters. The highest BCUT2D eigenvalue weighted by Crippen LogP contribution is 2.24. The Kier molecular flexibility index (Phi) is 5.49. The zero-order valence-electron chi connectivity index (χ0n) is 13.2. The first-order valence-corrected chi connectivity index (χ1v) is 7.50. The molecule has 0 saturated carbocycles. The lowest BCUT2D eigenvalue weighted by atomic mass is 9.99. The fourth-order valence-corrected chi connectivity index (χ4v) is 2.33. The van der Waals surface area contributed by atoms with E-state index in [1.54, 1.807) is 12.1 Å². The first kappa shape index (κ1) is 16.7. The van der Waals surface area contributed by atoms with Crippen LogP contribution in [0.2, 0.25) is 0 Å². The molecule has 0 fully saturated rings. The van der Waals surface area contributed by atoms with Crippen molar-refractivity contribution in [2.75, 3.05) is 6.54 Å². The number of carboxylic acid groups (broad SMARTS) is 1. The van der Waals surface area contributed by atoms with Gasteiger partial charge < -0.3 is 5.11 Å². The Bertz CT molecular complexity index is 686. The number of hydrogen-bond acceptors (Lipinski definition) is 3. The number of rotatable bonds is 6. The molecule has 2 rings (SSSR count). The van der Waals surface area contributed by atoms with E-state index in [1.807, 2.05) is 49.4 Å². The van der Waals surface area contributed by atoms with Crippen molar-refractivity contribution in [3.63, 3.8) is 0 Å². The molecule has 0 aliphatic rings. The highest BCUT2D eigenvalue weighted by atomic mass is 16.4. The first-order valence-electron chi connectivity index (χ1n) is 7.50. The molecule has 0 aliphatic carbocycles. The second-order valence-electron chi connectivity index (χ2n) is 5.11. The van der Waals surface area contributed by atoms with Crippen molar-refractivity contribution in [1.29, 1.82) is 0 Å². The van der Waals surface area contributed by atoms with Gasteiger partial charge in [0.05, 0.1) is 0 Å². The standard InChI is InChI=1S/C18H20N2O3/c1-3-19-20(13(2)18(22)23)17(21)16-12-8-7-11-15(16)14-9-5-4-6-10-14/h4-13,19H,3H2,1-2H3,(H,22,23). The molecule has 0 saturated heterocycles. The van der Waals surface area contributed by atoms with Gasteiger partial charge >= 0.3 is 5.97 Å². The molecule has 2 aromatic rings. The maximum absolute atomic E-state index is 12.9. The fourth-order valence-electron chi connectivity index (χ4n) is 2.33. The molecule has 5 nitrogen and oxygen atoms in total. The van der Waals surface area contributed by atoms with Gasteiger partial charge in [0, 0.05) is 12.1 Å². The van der Waals surface area contributed by atoms with E-state index in [1.165, 1.54) is 11.9 Å². The van der Waals surface area contributed by atoms with Crippen LogP contribution in [-0.4, -0.2) is 34.6 Å². The van der Waals surface area contributed by atoms with E-state index in [4.69, 9.17) is 0 Å². The Balaban J connectivity index is 2.44.